The van der Waals surface area contributed by atoms with Crippen LogP contribution in [0.1, 0.15) is 24.0 Å². The number of fused-ring (bicyclic) bond motifs is 3. The minimum Gasteiger partial charge on any atom is -0.511 e. The number of benzene rings is 2. The molecule has 208 valence electrons. The molecule has 11 nitrogen and oxygen atoms in total. The molecule has 0 bridgehead atoms. The number of ketones is 2. The largest absolute Gasteiger partial charge is 0.511 e. The Morgan fingerprint density at radius 3 is 2.45 bits per heavy atom. The Hall–Kier alpha value is -4.87. The Kier molecular flexibility index (Phi) is 6.48. The van der Waals surface area contributed by atoms with Gasteiger partial charge in [0.2, 0.25) is 0 Å². The lowest BCUT2D eigenvalue weighted by molar-refractivity contribution is -0.127. The number of halogens is 1. The smallest absolute Gasteiger partial charge is 0.323 e. The van der Waals surface area contributed by atoms with Crippen LogP contribution in [0.3, 0.4) is 0 Å². The van der Waals surface area contributed by atoms with E-state index in [1.54, 1.807) is 19.0 Å². The Labute approximate surface area is 227 Å². The third-order valence-corrected chi connectivity index (χ3v) is 7.68. The van der Waals surface area contributed by atoms with Gasteiger partial charge in [0.1, 0.15) is 22.9 Å². The SMILES string of the molecule is CN(C)c1cc(NC(=O)Nc2cccc(F)c2)c(O)c2c1CC1CC3CC(=O)C(C(N)=O)=C(O)C3C(=O)C1=C2O. The second kappa shape index (κ2) is 9.70. The van der Waals surface area contributed by atoms with E-state index in [1.165, 1.54) is 24.3 Å². The highest BCUT2D eigenvalue weighted by Crippen LogP contribution is 2.52. The molecule has 0 heterocycles. The molecule has 0 aromatic heterocycles. The van der Waals surface area contributed by atoms with E-state index in [0.717, 1.165) is 6.07 Å². The van der Waals surface area contributed by atoms with Crippen molar-refractivity contribution in [3.63, 3.8) is 0 Å². The van der Waals surface area contributed by atoms with Gasteiger partial charge in [-0.3, -0.25) is 14.4 Å². The second-order valence-electron chi connectivity index (χ2n) is 10.4. The average Bonchev–Trinajstić information content (AvgIpc) is 2.84. The fourth-order valence-electron chi connectivity index (χ4n) is 6.03. The zero-order valence-electron chi connectivity index (χ0n) is 21.6. The standard InChI is InChI=1S/C28H27FN4O7/c1-33(2)17-10-16(32-28(40)31-14-5-3-4-13(29)9-14)23(35)21-15(17)7-11-6-12-8-18(34)22(27(30)39)26(38)20(12)24(36)19(11)25(21)37/h3-5,9-12,20,35,37-38H,6-8H2,1-2H3,(H2,30,39)(H2,31,32,40). The summed E-state index contributed by atoms with van der Waals surface area (Å²) >= 11 is 0. The van der Waals surface area contributed by atoms with Crippen LogP contribution in [-0.2, 0) is 20.8 Å². The Morgan fingerprint density at radius 1 is 1.07 bits per heavy atom. The van der Waals surface area contributed by atoms with Crippen molar-refractivity contribution in [3.05, 3.63) is 64.2 Å². The predicted molar refractivity (Wildman–Crippen MR) is 143 cm³/mol. The number of anilines is 3. The first kappa shape index (κ1) is 26.7. The van der Waals surface area contributed by atoms with Gasteiger partial charge in [-0.25, -0.2) is 9.18 Å². The number of carbonyl (C=O) groups is 4. The zero-order valence-corrected chi connectivity index (χ0v) is 21.6. The van der Waals surface area contributed by atoms with Crippen LogP contribution in [0, 0.1) is 23.6 Å². The molecule has 0 spiro atoms. The van der Waals surface area contributed by atoms with E-state index in [4.69, 9.17) is 5.73 Å². The maximum absolute atomic E-state index is 13.6. The number of primary amides is 1. The minimum absolute atomic E-state index is 0.0418. The summed E-state index contributed by atoms with van der Waals surface area (Å²) in [7, 11) is 3.46. The van der Waals surface area contributed by atoms with Gasteiger partial charge in [-0.2, -0.15) is 0 Å². The molecule has 2 aromatic carbocycles. The first-order chi connectivity index (χ1) is 18.9. The number of rotatable bonds is 4. The highest BCUT2D eigenvalue weighted by Gasteiger charge is 2.51. The number of nitrogens with one attached hydrogen (secondary N) is 2. The van der Waals surface area contributed by atoms with Crippen molar-refractivity contribution in [1.29, 1.82) is 0 Å². The summed E-state index contributed by atoms with van der Waals surface area (Å²) in [5.74, 6) is -7.05. The summed E-state index contributed by atoms with van der Waals surface area (Å²) in [6, 6.07) is 5.95. The number of nitrogens with two attached hydrogens (primary N) is 1. The minimum atomic E-state index is -1.23. The molecule has 1 saturated carbocycles. The summed E-state index contributed by atoms with van der Waals surface area (Å²) < 4.78 is 13.5. The van der Waals surface area contributed by atoms with Crippen molar-refractivity contribution in [2.45, 2.75) is 19.3 Å². The topological polar surface area (TPSA) is 182 Å². The van der Waals surface area contributed by atoms with Gasteiger partial charge in [0.25, 0.3) is 5.91 Å². The van der Waals surface area contributed by atoms with Crippen LogP contribution in [0.25, 0.3) is 5.76 Å². The molecule has 0 radical (unpaired) electrons. The predicted octanol–water partition coefficient (Wildman–Crippen LogP) is 3.16. The number of carbonyl (C=O) groups excluding carboxylic acids is 4. The Balaban J connectivity index is 1.57. The molecular weight excluding hydrogens is 523 g/mol. The zero-order chi connectivity index (χ0) is 29.0. The number of nitrogens with zero attached hydrogens (tertiary/aromatic N) is 1. The van der Waals surface area contributed by atoms with E-state index in [2.05, 4.69) is 10.6 Å². The molecule has 12 heteroatoms. The van der Waals surface area contributed by atoms with E-state index >= 15 is 0 Å². The van der Waals surface area contributed by atoms with Crippen molar-refractivity contribution >= 4 is 46.3 Å². The molecular formula is C28H27FN4O7. The molecule has 3 unspecified atom stereocenters. The number of hydrogen-bond acceptors (Lipinski definition) is 8. The number of phenolic OH excluding ortho intramolecular Hbond substituents is 1. The molecule has 0 aliphatic heterocycles. The first-order valence-electron chi connectivity index (χ1n) is 12.5. The molecule has 7 N–H and O–H groups in total. The molecule has 1 fully saturated rings. The van der Waals surface area contributed by atoms with E-state index < -0.39 is 69.9 Å². The monoisotopic (exact) mass is 550 g/mol. The molecule has 0 saturated heterocycles. The molecule has 3 aliphatic carbocycles. The summed E-state index contributed by atoms with van der Waals surface area (Å²) in [5.41, 5.74) is 5.72. The van der Waals surface area contributed by atoms with Crippen molar-refractivity contribution in [2.75, 3.05) is 29.6 Å². The van der Waals surface area contributed by atoms with E-state index in [0.29, 0.717) is 11.3 Å². The number of aliphatic hydroxyl groups is 2. The fraction of sp³-hybridized carbons (Fsp3) is 0.286. The quantitative estimate of drug-likeness (QED) is 0.248. The lowest BCUT2D eigenvalue weighted by atomic mass is 9.61. The molecule has 5 rings (SSSR count). The highest BCUT2D eigenvalue weighted by atomic mass is 19.1. The lowest BCUT2D eigenvalue weighted by Gasteiger charge is -2.41. The number of aromatic hydroxyl groups is 1. The maximum Gasteiger partial charge on any atom is 0.323 e. The molecule has 3 aliphatic rings. The van der Waals surface area contributed by atoms with Crippen molar-refractivity contribution in [3.8, 4) is 5.75 Å². The summed E-state index contributed by atoms with van der Waals surface area (Å²) in [6.45, 7) is 0. The van der Waals surface area contributed by atoms with E-state index in [9.17, 15) is 38.9 Å². The summed E-state index contributed by atoms with van der Waals surface area (Å²) in [6.07, 6.45) is 0.341. The maximum atomic E-state index is 13.6. The van der Waals surface area contributed by atoms with Crippen molar-refractivity contribution in [2.24, 2.45) is 23.5 Å². The normalized spacial score (nSPS) is 21.8. The number of amides is 3. The van der Waals surface area contributed by atoms with Gasteiger partial charge < -0.3 is 36.6 Å². The molecule has 2 aromatic rings. The van der Waals surface area contributed by atoms with Gasteiger partial charge in [0.05, 0.1) is 17.2 Å². The van der Waals surface area contributed by atoms with E-state index in [1.807, 2.05) is 0 Å². The number of hydrogen-bond donors (Lipinski definition) is 6. The van der Waals surface area contributed by atoms with Gasteiger partial charge in [0, 0.05) is 37.5 Å². The van der Waals surface area contributed by atoms with Crippen LogP contribution in [-0.4, -0.2) is 52.9 Å². The fourth-order valence-corrected chi connectivity index (χ4v) is 6.03. The molecule has 3 amide bonds. The van der Waals surface area contributed by atoms with Gasteiger partial charge >= 0.3 is 6.03 Å². The van der Waals surface area contributed by atoms with Crippen molar-refractivity contribution in [1.82, 2.24) is 0 Å². The number of aliphatic hydroxyl groups excluding tert-OH is 2. The number of Topliss-reactive ketones (excluding diaryl/α,β-unsaturated/α-hetero) is 2. The molecule has 3 atom stereocenters. The number of urea groups is 1. The lowest BCUT2D eigenvalue weighted by Crippen LogP contribution is -2.44. The third-order valence-electron chi connectivity index (χ3n) is 7.68. The summed E-state index contributed by atoms with van der Waals surface area (Å²) in [5, 5.41) is 38.2. The number of phenols is 1. The van der Waals surface area contributed by atoms with Crippen LogP contribution in [0.2, 0.25) is 0 Å². The Bertz CT molecular complexity index is 1560. The van der Waals surface area contributed by atoms with Crippen LogP contribution >= 0.6 is 0 Å². The average molecular weight is 551 g/mol. The van der Waals surface area contributed by atoms with Gasteiger partial charge in [-0.05, 0) is 54.5 Å². The van der Waals surface area contributed by atoms with Gasteiger partial charge in [-0.15, -0.1) is 0 Å². The van der Waals surface area contributed by atoms with Gasteiger partial charge in [-0.1, -0.05) is 6.07 Å². The molecule has 40 heavy (non-hydrogen) atoms. The number of allylic oxidation sites excluding steroid dienone is 2. The van der Waals surface area contributed by atoms with Crippen molar-refractivity contribution < 1.29 is 38.9 Å². The first-order valence-corrected chi connectivity index (χ1v) is 12.5. The van der Waals surface area contributed by atoms with Gasteiger partial charge in [0.15, 0.2) is 17.3 Å². The third kappa shape index (κ3) is 4.31. The Morgan fingerprint density at radius 2 is 1.80 bits per heavy atom. The highest BCUT2D eigenvalue weighted by molar-refractivity contribution is 6.21. The van der Waals surface area contributed by atoms with E-state index in [-0.39, 0.29) is 41.8 Å². The second-order valence-corrected chi connectivity index (χ2v) is 10.4. The van der Waals surface area contributed by atoms with Crippen LogP contribution in [0.5, 0.6) is 5.75 Å². The van der Waals surface area contributed by atoms with Crippen LogP contribution < -0.4 is 21.3 Å². The summed E-state index contributed by atoms with van der Waals surface area (Å²) in [4.78, 5) is 52.3. The van der Waals surface area contributed by atoms with Crippen LogP contribution in [0.4, 0.5) is 26.2 Å². The van der Waals surface area contributed by atoms with Crippen LogP contribution in [0.15, 0.2) is 47.2 Å².